The first-order chi connectivity index (χ1) is 14.1. The van der Waals surface area contributed by atoms with Gasteiger partial charge in [0.2, 0.25) is 5.91 Å². The molecule has 1 heterocycles. The number of likely N-dealkylation sites (tertiary alicyclic amines) is 1. The summed E-state index contributed by atoms with van der Waals surface area (Å²) in [5.74, 6) is 0.585. The number of nitrogens with zero attached hydrogens (tertiary/aromatic N) is 2. The standard InChI is InChI=1S/C22H27N3O4/c1-29-19-11-9-17(10-12-19)21(24-13-5-2-6-14-24)16-23-22(26)15-18-7-3-4-8-20(18)25(27)28/h3-4,7-12,21H,2,5-6,13-16H2,1H3,(H,23,26). The Morgan fingerprint density at radius 2 is 1.83 bits per heavy atom. The van der Waals surface area contributed by atoms with Crippen molar-refractivity contribution < 1.29 is 14.5 Å². The maximum atomic E-state index is 12.5. The van der Waals surface area contributed by atoms with Crippen molar-refractivity contribution in [3.05, 3.63) is 69.8 Å². The lowest BCUT2D eigenvalue weighted by atomic mass is 10.0. The molecule has 2 aromatic rings. The quantitative estimate of drug-likeness (QED) is 0.544. The lowest BCUT2D eigenvalue weighted by Gasteiger charge is -2.35. The number of benzene rings is 2. The second-order valence-corrected chi connectivity index (χ2v) is 7.25. The summed E-state index contributed by atoms with van der Waals surface area (Å²) in [6.07, 6.45) is 3.52. The fourth-order valence-electron chi connectivity index (χ4n) is 3.80. The molecule has 0 bridgehead atoms. The van der Waals surface area contributed by atoms with Gasteiger partial charge < -0.3 is 10.1 Å². The largest absolute Gasteiger partial charge is 0.497 e. The van der Waals surface area contributed by atoms with Crippen molar-refractivity contribution in [3.8, 4) is 5.75 Å². The third kappa shape index (κ3) is 5.54. The molecule has 0 spiro atoms. The van der Waals surface area contributed by atoms with E-state index in [9.17, 15) is 14.9 Å². The molecule has 1 saturated heterocycles. The van der Waals surface area contributed by atoms with Crippen LogP contribution in [0.25, 0.3) is 0 Å². The first-order valence-corrected chi connectivity index (χ1v) is 9.95. The Morgan fingerprint density at radius 1 is 1.14 bits per heavy atom. The minimum atomic E-state index is -0.448. The molecule has 7 nitrogen and oxygen atoms in total. The van der Waals surface area contributed by atoms with E-state index in [2.05, 4.69) is 10.2 Å². The van der Waals surface area contributed by atoms with Crippen molar-refractivity contribution >= 4 is 11.6 Å². The van der Waals surface area contributed by atoms with Gasteiger partial charge in [-0.15, -0.1) is 0 Å². The zero-order chi connectivity index (χ0) is 20.6. The number of methoxy groups -OCH3 is 1. The lowest BCUT2D eigenvalue weighted by molar-refractivity contribution is -0.385. The number of nitrogens with one attached hydrogen (secondary N) is 1. The number of hydrogen-bond acceptors (Lipinski definition) is 5. The molecule has 0 saturated carbocycles. The van der Waals surface area contributed by atoms with E-state index in [4.69, 9.17) is 4.74 Å². The summed E-state index contributed by atoms with van der Waals surface area (Å²) >= 11 is 0. The van der Waals surface area contributed by atoms with Gasteiger partial charge in [0.15, 0.2) is 0 Å². The van der Waals surface area contributed by atoms with Crippen LogP contribution < -0.4 is 10.1 Å². The molecular weight excluding hydrogens is 370 g/mol. The molecule has 1 aliphatic rings. The zero-order valence-corrected chi connectivity index (χ0v) is 16.7. The average molecular weight is 397 g/mol. The molecule has 1 amide bonds. The number of carbonyl (C=O) groups excluding carboxylic acids is 1. The van der Waals surface area contributed by atoms with Gasteiger partial charge in [-0.3, -0.25) is 19.8 Å². The SMILES string of the molecule is COc1ccc(C(CNC(=O)Cc2ccccc2[N+](=O)[O-])N2CCCCC2)cc1. The van der Waals surface area contributed by atoms with Crippen molar-refractivity contribution in [3.63, 3.8) is 0 Å². The van der Waals surface area contributed by atoms with Gasteiger partial charge in [-0.2, -0.15) is 0 Å². The average Bonchev–Trinajstić information content (AvgIpc) is 2.75. The van der Waals surface area contributed by atoms with Gasteiger partial charge in [0.1, 0.15) is 5.75 Å². The van der Waals surface area contributed by atoms with E-state index in [1.165, 1.54) is 12.5 Å². The molecule has 2 aromatic carbocycles. The molecule has 7 heteroatoms. The summed E-state index contributed by atoms with van der Waals surface area (Å²) < 4.78 is 5.25. The lowest BCUT2D eigenvalue weighted by Crippen LogP contribution is -2.41. The third-order valence-corrected chi connectivity index (χ3v) is 5.36. The van der Waals surface area contributed by atoms with Crippen LogP contribution in [0.15, 0.2) is 48.5 Å². The second-order valence-electron chi connectivity index (χ2n) is 7.25. The summed E-state index contributed by atoms with van der Waals surface area (Å²) in [5.41, 5.74) is 1.53. The molecule has 154 valence electrons. The molecule has 0 aliphatic carbocycles. The highest BCUT2D eigenvalue weighted by Crippen LogP contribution is 2.26. The third-order valence-electron chi connectivity index (χ3n) is 5.36. The molecular formula is C22H27N3O4. The predicted molar refractivity (Wildman–Crippen MR) is 111 cm³/mol. The highest BCUT2D eigenvalue weighted by molar-refractivity contribution is 5.79. The summed E-state index contributed by atoms with van der Waals surface area (Å²) in [6.45, 7) is 2.46. The smallest absolute Gasteiger partial charge is 0.273 e. The van der Waals surface area contributed by atoms with Crippen LogP contribution in [0.4, 0.5) is 5.69 Å². The molecule has 1 atom stereocenters. The molecule has 29 heavy (non-hydrogen) atoms. The Labute approximate surface area is 170 Å². The molecule has 1 fully saturated rings. The number of para-hydroxylation sites is 1. The van der Waals surface area contributed by atoms with Gasteiger partial charge in [0.25, 0.3) is 5.69 Å². The van der Waals surface area contributed by atoms with Gasteiger partial charge in [0.05, 0.1) is 24.5 Å². The fourth-order valence-corrected chi connectivity index (χ4v) is 3.80. The van der Waals surface area contributed by atoms with E-state index in [-0.39, 0.29) is 24.1 Å². The van der Waals surface area contributed by atoms with E-state index < -0.39 is 4.92 Å². The minimum absolute atomic E-state index is 0.00745. The van der Waals surface area contributed by atoms with Crippen LogP contribution in [-0.2, 0) is 11.2 Å². The van der Waals surface area contributed by atoms with Crippen molar-refractivity contribution in [1.29, 1.82) is 0 Å². The Kier molecular flexibility index (Phi) is 7.19. The number of amides is 1. The van der Waals surface area contributed by atoms with Crippen LogP contribution >= 0.6 is 0 Å². The van der Waals surface area contributed by atoms with Crippen LogP contribution in [0, 0.1) is 10.1 Å². The van der Waals surface area contributed by atoms with Crippen molar-refractivity contribution in [2.45, 2.75) is 31.7 Å². The zero-order valence-electron chi connectivity index (χ0n) is 16.7. The molecule has 3 rings (SSSR count). The van der Waals surface area contributed by atoms with Crippen molar-refractivity contribution in [2.24, 2.45) is 0 Å². The molecule has 0 radical (unpaired) electrons. The normalized spacial score (nSPS) is 15.5. The van der Waals surface area contributed by atoms with Gasteiger partial charge in [-0.05, 0) is 43.6 Å². The van der Waals surface area contributed by atoms with E-state index in [1.807, 2.05) is 24.3 Å². The summed E-state index contributed by atoms with van der Waals surface area (Å²) in [4.78, 5) is 25.7. The molecule has 1 aliphatic heterocycles. The summed E-state index contributed by atoms with van der Waals surface area (Å²) in [5, 5.41) is 14.2. The number of piperidine rings is 1. The first kappa shape index (κ1) is 20.8. The second kappa shape index (κ2) is 10.0. The monoisotopic (exact) mass is 397 g/mol. The van der Waals surface area contributed by atoms with Gasteiger partial charge >= 0.3 is 0 Å². The van der Waals surface area contributed by atoms with E-state index in [0.717, 1.165) is 37.2 Å². The number of ether oxygens (including phenoxy) is 1. The maximum absolute atomic E-state index is 12.5. The summed E-state index contributed by atoms with van der Waals surface area (Å²) in [6, 6.07) is 14.4. The fraction of sp³-hybridized carbons (Fsp3) is 0.409. The van der Waals surface area contributed by atoms with Crippen LogP contribution in [-0.4, -0.2) is 42.5 Å². The van der Waals surface area contributed by atoms with Crippen LogP contribution in [0.3, 0.4) is 0 Å². The maximum Gasteiger partial charge on any atom is 0.273 e. The molecule has 1 unspecified atom stereocenters. The summed E-state index contributed by atoms with van der Waals surface area (Å²) in [7, 11) is 1.64. The first-order valence-electron chi connectivity index (χ1n) is 9.95. The topological polar surface area (TPSA) is 84.7 Å². The van der Waals surface area contributed by atoms with E-state index in [0.29, 0.717) is 12.1 Å². The van der Waals surface area contributed by atoms with Gasteiger partial charge in [-0.25, -0.2) is 0 Å². The Morgan fingerprint density at radius 3 is 2.48 bits per heavy atom. The highest BCUT2D eigenvalue weighted by Gasteiger charge is 2.23. The van der Waals surface area contributed by atoms with E-state index >= 15 is 0 Å². The number of rotatable bonds is 8. The van der Waals surface area contributed by atoms with E-state index in [1.54, 1.807) is 25.3 Å². The number of carbonyl (C=O) groups is 1. The van der Waals surface area contributed by atoms with Crippen molar-refractivity contribution in [1.82, 2.24) is 10.2 Å². The van der Waals surface area contributed by atoms with Gasteiger partial charge in [-0.1, -0.05) is 36.8 Å². The van der Waals surface area contributed by atoms with Crippen LogP contribution in [0.2, 0.25) is 0 Å². The Balaban J connectivity index is 1.69. The highest BCUT2D eigenvalue weighted by atomic mass is 16.6. The minimum Gasteiger partial charge on any atom is -0.497 e. The van der Waals surface area contributed by atoms with Crippen LogP contribution in [0.5, 0.6) is 5.75 Å². The number of nitro groups is 1. The molecule has 0 aromatic heterocycles. The van der Waals surface area contributed by atoms with Gasteiger partial charge in [0, 0.05) is 18.2 Å². The van der Waals surface area contributed by atoms with Crippen LogP contribution in [0.1, 0.15) is 36.4 Å². The van der Waals surface area contributed by atoms with Crippen molar-refractivity contribution in [2.75, 3.05) is 26.7 Å². The molecule has 1 N–H and O–H groups in total. The Hall–Kier alpha value is -2.93. The predicted octanol–water partition coefficient (Wildman–Crippen LogP) is 3.49. The Bertz CT molecular complexity index is 832. The number of hydrogen-bond donors (Lipinski definition) is 1. The number of nitro benzene ring substituents is 1.